The summed E-state index contributed by atoms with van der Waals surface area (Å²) in [6.45, 7) is 5.47. The van der Waals surface area contributed by atoms with Crippen molar-refractivity contribution in [3.05, 3.63) is 53.4 Å². The van der Waals surface area contributed by atoms with Crippen LogP contribution in [-0.2, 0) is 29.6 Å². The van der Waals surface area contributed by atoms with E-state index in [1.165, 1.54) is 10.3 Å². The van der Waals surface area contributed by atoms with Crippen molar-refractivity contribution in [1.29, 1.82) is 0 Å². The molecule has 3 aromatic rings. The number of benzene rings is 1. The summed E-state index contributed by atoms with van der Waals surface area (Å²) in [7, 11) is 0. The average Bonchev–Trinajstić information content (AvgIpc) is 2.94. The number of imidazole rings is 1. The summed E-state index contributed by atoms with van der Waals surface area (Å²) >= 11 is 6.77. The van der Waals surface area contributed by atoms with E-state index in [4.69, 9.17) is 12.2 Å². The maximum Gasteiger partial charge on any atom is 0.241 e. The molecule has 3 rings (SSSR count). The van der Waals surface area contributed by atoms with Gasteiger partial charge in [0, 0.05) is 16.5 Å². The second-order valence-corrected chi connectivity index (χ2v) is 5.89. The van der Waals surface area contributed by atoms with Crippen LogP contribution in [0.1, 0.15) is 5.56 Å². The molecule has 3 nitrogen and oxygen atoms in total. The van der Waals surface area contributed by atoms with Crippen LogP contribution in [-0.4, -0.2) is 9.55 Å². The zero-order valence-electron chi connectivity index (χ0n) is 10.1. The molecule has 0 fully saturated rings. The first-order valence-corrected chi connectivity index (χ1v) is 6.93. The fraction of sp³-hybridized carbons (Fsp3) is 0.154. The molecular formula is C13H13N3NiS2. The summed E-state index contributed by atoms with van der Waals surface area (Å²) in [5, 5.41) is 0. The Labute approximate surface area is 130 Å². The van der Waals surface area contributed by atoms with E-state index in [0.717, 1.165) is 22.6 Å². The SMILES string of the molecule is [CH2-]Cn1cc[n+](Cc2ccc3sc(=S)[nH]c3c2)c1.[Ni]. The molecule has 0 unspecified atom stereocenters. The summed E-state index contributed by atoms with van der Waals surface area (Å²) in [5.41, 5.74) is 2.39. The Hall–Kier alpha value is -0.966. The van der Waals surface area contributed by atoms with Crippen LogP contribution in [0.15, 0.2) is 36.9 Å². The van der Waals surface area contributed by atoms with Gasteiger partial charge in [-0.2, -0.15) is 0 Å². The third-order valence-electron chi connectivity index (χ3n) is 2.85. The first-order valence-electron chi connectivity index (χ1n) is 5.70. The van der Waals surface area contributed by atoms with E-state index in [1.54, 1.807) is 11.3 Å². The molecule has 0 atom stereocenters. The number of rotatable bonds is 3. The molecule has 0 aliphatic heterocycles. The van der Waals surface area contributed by atoms with Crippen LogP contribution in [0.4, 0.5) is 0 Å². The maximum atomic E-state index is 5.15. The first kappa shape index (κ1) is 14.4. The Bertz CT molecular complexity index is 742. The maximum absolute atomic E-state index is 5.15. The van der Waals surface area contributed by atoms with Crippen molar-refractivity contribution >= 4 is 33.8 Å². The van der Waals surface area contributed by atoms with E-state index in [2.05, 4.69) is 51.8 Å². The van der Waals surface area contributed by atoms with E-state index in [1.807, 2.05) is 6.20 Å². The van der Waals surface area contributed by atoms with Crippen molar-refractivity contribution in [2.75, 3.05) is 0 Å². The van der Waals surface area contributed by atoms with Gasteiger partial charge in [-0.05, 0) is 36.5 Å². The van der Waals surface area contributed by atoms with Gasteiger partial charge in [-0.1, -0.05) is 6.07 Å². The van der Waals surface area contributed by atoms with E-state index < -0.39 is 0 Å². The molecule has 1 N–H and O–H groups in total. The van der Waals surface area contributed by atoms with Gasteiger partial charge in [-0.3, -0.25) is 4.57 Å². The summed E-state index contributed by atoms with van der Waals surface area (Å²) in [6, 6.07) is 6.44. The van der Waals surface area contributed by atoms with Gasteiger partial charge in [-0.15, -0.1) is 11.3 Å². The standard InChI is InChI=1S/C13H13N3S2.Ni/c1-2-15-5-6-16(9-15)8-10-3-4-12-11(7-10)14-13(17)18-12;/h3-7,9H,1-2,8H2,(H,14,17);. The molecule has 0 radical (unpaired) electrons. The molecule has 0 aliphatic rings. The van der Waals surface area contributed by atoms with Gasteiger partial charge < -0.3 is 11.9 Å². The number of nitrogens with one attached hydrogen (secondary N) is 1. The Kier molecular flexibility index (Phi) is 4.55. The Morgan fingerprint density at radius 2 is 2.26 bits per heavy atom. The van der Waals surface area contributed by atoms with Gasteiger partial charge in [0.05, 0.1) is 10.2 Å². The van der Waals surface area contributed by atoms with E-state index in [-0.39, 0.29) is 16.5 Å². The molecule has 2 aromatic heterocycles. The first-order chi connectivity index (χ1) is 8.74. The number of aromatic amines is 1. The van der Waals surface area contributed by atoms with Crippen molar-refractivity contribution in [3.8, 4) is 0 Å². The fourth-order valence-electron chi connectivity index (χ4n) is 1.97. The molecule has 0 aliphatic carbocycles. The van der Waals surface area contributed by atoms with Gasteiger partial charge in [0.2, 0.25) is 6.33 Å². The molecular weight excluding hydrogens is 321 g/mol. The van der Waals surface area contributed by atoms with E-state index in [0.29, 0.717) is 0 Å². The molecule has 0 bridgehead atoms. The van der Waals surface area contributed by atoms with Crippen molar-refractivity contribution in [2.24, 2.45) is 0 Å². The third-order valence-corrected chi connectivity index (χ3v) is 4.07. The van der Waals surface area contributed by atoms with Gasteiger partial charge in [-0.25, -0.2) is 4.57 Å². The normalized spacial score (nSPS) is 10.6. The smallest absolute Gasteiger partial charge is 0.241 e. The Balaban J connectivity index is 0.00000133. The van der Waals surface area contributed by atoms with Crippen LogP contribution in [0.2, 0.25) is 0 Å². The summed E-state index contributed by atoms with van der Waals surface area (Å²) < 4.78 is 6.24. The van der Waals surface area contributed by atoms with Crippen molar-refractivity contribution in [2.45, 2.75) is 13.1 Å². The van der Waals surface area contributed by atoms with Crippen molar-refractivity contribution < 1.29 is 21.1 Å². The van der Waals surface area contributed by atoms with Crippen LogP contribution in [0, 0.1) is 10.9 Å². The quantitative estimate of drug-likeness (QED) is 0.339. The zero-order valence-corrected chi connectivity index (χ0v) is 12.7. The number of hydrogen-bond donors (Lipinski definition) is 1. The number of nitrogens with zero attached hydrogens (tertiary/aromatic N) is 2. The van der Waals surface area contributed by atoms with Crippen LogP contribution < -0.4 is 4.57 Å². The van der Waals surface area contributed by atoms with E-state index >= 15 is 0 Å². The van der Waals surface area contributed by atoms with E-state index in [9.17, 15) is 0 Å². The Morgan fingerprint density at radius 3 is 3.00 bits per heavy atom. The monoisotopic (exact) mass is 333 g/mol. The second kappa shape index (κ2) is 5.99. The predicted molar refractivity (Wildman–Crippen MR) is 76.1 cm³/mol. The molecule has 0 saturated carbocycles. The molecule has 1 aromatic carbocycles. The minimum Gasteiger partial charge on any atom is -0.337 e. The topological polar surface area (TPSA) is 24.6 Å². The number of fused-ring (bicyclic) bond motifs is 1. The third kappa shape index (κ3) is 3.14. The largest absolute Gasteiger partial charge is 0.337 e. The minimum absolute atomic E-state index is 0. The average molecular weight is 334 g/mol. The van der Waals surface area contributed by atoms with Gasteiger partial charge in [0.15, 0.2) is 3.95 Å². The van der Waals surface area contributed by atoms with Crippen molar-refractivity contribution in [1.82, 2.24) is 9.55 Å². The molecule has 0 saturated heterocycles. The van der Waals surface area contributed by atoms with Crippen LogP contribution in [0.3, 0.4) is 0 Å². The number of hydrogen-bond acceptors (Lipinski definition) is 2. The van der Waals surface area contributed by atoms with Crippen LogP contribution in [0.5, 0.6) is 0 Å². The molecule has 6 heteroatoms. The molecule has 102 valence electrons. The predicted octanol–water partition coefficient (Wildman–Crippen LogP) is 2.93. The zero-order chi connectivity index (χ0) is 12.5. The fourth-order valence-corrected chi connectivity index (χ4v) is 3.07. The van der Waals surface area contributed by atoms with Crippen LogP contribution >= 0.6 is 23.6 Å². The van der Waals surface area contributed by atoms with Gasteiger partial charge >= 0.3 is 0 Å². The summed E-state index contributed by atoms with van der Waals surface area (Å²) in [5.74, 6) is 0. The van der Waals surface area contributed by atoms with Crippen LogP contribution in [0.25, 0.3) is 10.2 Å². The summed E-state index contributed by atoms with van der Waals surface area (Å²) in [4.78, 5) is 3.21. The second-order valence-electron chi connectivity index (χ2n) is 4.17. The van der Waals surface area contributed by atoms with Gasteiger partial charge in [0.25, 0.3) is 0 Å². The van der Waals surface area contributed by atoms with Crippen molar-refractivity contribution in [3.63, 3.8) is 0 Å². The van der Waals surface area contributed by atoms with Gasteiger partial charge in [0.1, 0.15) is 18.9 Å². The number of thiazole rings is 1. The molecule has 19 heavy (non-hydrogen) atoms. The minimum atomic E-state index is 0. The molecule has 2 heterocycles. The molecule has 0 amide bonds. The number of aromatic nitrogens is 3. The summed E-state index contributed by atoms with van der Waals surface area (Å²) in [6.07, 6.45) is 6.15. The Morgan fingerprint density at radius 1 is 1.42 bits per heavy atom. The molecule has 0 spiro atoms. The number of H-pyrrole nitrogens is 1.